The van der Waals surface area contributed by atoms with Crippen LogP contribution in [0.25, 0.3) is 53.9 Å². The van der Waals surface area contributed by atoms with Crippen LogP contribution in [-0.4, -0.2) is 145 Å². The Kier molecular flexibility index (Phi) is 46.9. The summed E-state index contributed by atoms with van der Waals surface area (Å²) in [6.07, 6.45) is 4.21. The number of aliphatic carboxylic acids is 2. The monoisotopic (exact) mass is 1870 g/mol. The van der Waals surface area contributed by atoms with Crippen molar-refractivity contribution in [2.24, 2.45) is 0 Å². The quantitative estimate of drug-likeness (QED) is 0.0190. The number of halogens is 1. The maximum absolute atomic E-state index is 12.5. The molecule has 15 rings (SSSR count). The van der Waals surface area contributed by atoms with Gasteiger partial charge in [0.1, 0.15) is 32.6 Å². The van der Waals surface area contributed by atoms with E-state index >= 15 is 0 Å². The number of aryl methyl sites for hydroxylation is 1. The van der Waals surface area contributed by atoms with Crippen molar-refractivity contribution in [2.75, 3.05) is 64.8 Å². The molecule has 10 aromatic carbocycles. The Labute approximate surface area is 845 Å². The molecule has 0 saturated carbocycles. The van der Waals surface area contributed by atoms with Crippen molar-refractivity contribution in [2.45, 2.75) is 158 Å². The Morgan fingerprint density at radius 2 is 0.875 bits per heavy atom. The fraction of sp³-hybridized carbons (Fsp3) is 0.326. The number of alkyl halides is 1. The summed E-state index contributed by atoms with van der Waals surface area (Å²) < 4.78 is 80.5. The van der Waals surface area contributed by atoms with Gasteiger partial charge in [-0.25, -0.2) is 16.8 Å². The van der Waals surface area contributed by atoms with Crippen LogP contribution in [0.4, 0.5) is 28.4 Å². The van der Waals surface area contributed by atoms with Gasteiger partial charge in [0, 0.05) is 129 Å². The maximum atomic E-state index is 12.5. The smallest absolute Gasteiger partial charge is 0.850 e. The standard InChI is InChI=1S/C17H17NO2.C16H15NO5S.C16H15NO3.C15H13NO6S.C11H7NO.C5H9IO2.C4H9O.5CH4.3K/c1-11-8-9-15-16-13(11)6-3-7-14(16)17(20)18(15)10-4-5-12(2)19;1-10-11-4-2-5-12-14(23(20,21)22)8-7-13(16(11)12)17(10)9-3-6-15(18)19;1-20-14(18)9-4-10-17-13-8-3-6-11-5-2-7-12(15(11)13)16(17)19;17-13(18)5-2-8-16-11-6-7-12(23(20,21)22)9-3-1-4-10(14(9)11)15(16)19;13-11-8-5-1-3-7-4-2-6-9(12-11)10(7)8;1-8-5(7)3-2-4-6;1-4(2,3)5;;;;;;;;/h3,6-9H,4-5,10H2,1-2H3;2,4-5,7-8H,3,6,9H2,1H3,(H-,18,19,20,21,22);2-3,5-8H,4,9-10H2,1H3;1,3-4,6-7H,2,5,8H2,(H,17,18)(H,20,21,22);1-6H,(H,12,13);2-4H2,1H3;1-3H3;5*1H4;;;/q;;;;;;-1;;;;;;3*+1/p-2. The number of nitrogens with zero attached hydrogens (tertiary/aromatic N) is 4. The maximum Gasteiger partial charge on any atom is 1.00 e. The minimum Gasteiger partial charge on any atom is -0.850 e. The van der Waals surface area contributed by atoms with E-state index in [0.29, 0.717) is 80.2 Å². The molecule has 0 bridgehead atoms. The molecule has 0 fully saturated rings. The van der Waals surface area contributed by atoms with E-state index in [1.54, 1.807) is 61.8 Å². The zero-order chi connectivity index (χ0) is 81.7. The molecule has 0 atom stereocenters. The van der Waals surface area contributed by atoms with Crippen LogP contribution in [0.5, 0.6) is 0 Å². The molecule has 0 radical (unpaired) electrons. The third-order valence-corrected chi connectivity index (χ3v) is 21.1. The van der Waals surface area contributed by atoms with E-state index in [2.05, 4.69) is 56.4 Å². The number of carboxylic acid groups (broad SMARTS) is 2. The van der Waals surface area contributed by atoms with E-state index < -0.39 is 37.8 Å². The van der Waals surface area contributed by atoms with Crippen LogP contribution in [0.2, 0.25) is 0 Å². The van der Waals surface area contributed by atoms with Crippen molar-refractivity contribution >= 4 is 184 Å². The number of esters is 2. The molecule has 0 unspecified atom stereocenters. The second-order valence-electron chi connectivity index (χ2n) is 27.6. The number of hydrogen-bond acceptors (Lipinski definition) is 19. The van der Waals surface area contributed by atoms with Crippen LogP contribution in [0.15, 0.2) is 174 Å². The number of carbonyl (C=O) groups excluding carboxylic acids is 8. The molecule has 5 heterocycles. The van der Waals surface area contributed by atoms with Gasteiger partial charge in [0.2, 0.25) is 5.69 Å². The predicted octanol–water partition coefficient (Wildman–Crippen LogP) is 6.66. The van der Waals surface area contributed by atoms with Crippen molar-refractivity contribution in [3.63, 3.8) is 0 Å². The average Bonchev–Trinajstić information content (AvgIpc) is 1.57. The van der Waals surface area contributed by atoms with Gasteiger partial charge in [-0.15, -0.1) is 5.60 Å². The number of amides is 4. The minimum absolute atomic E-state index is 0. The fourth-order valence-electron chi connectivity index (χ4n) is 13.7. The van der Waals surface area contributed by atoms with Gasteiger partial charge in [-0.2, -0.15) is 4.58 Å². The van der Waals surface area contributed by atoms with Gasteiger partial charge in [0.05, 0.1) is 58.4 Å². The van der Waals surface area contributed by atoms with Gasteiger partial charge in [0.25, 0.3) is 23.6 Å². The Hall–Kier alpha value is -5.98. The molecule has 0 aliphatic carbocycles. The molecule has 31 heteroatoms. The largest absolute Gasteiger partial charge is 1.00 e. The number of methoxy groups -OCH3 is 2. The Morgan fingerprint density at radius 3 is 1.35 bits per heavy atom. The summed E-state index contributed by atoms with van der Waals surface area (Å²) in [6, 6.07) is 48.6. The molecular formula is C89H103IK3N5O20S2. The number of anilines is 4. The number of carbonyl (C=O) groups is 9. The van der Waals surface area contributed by atoms with Gasteiger partial charge in [-0.1, -0.05) is 171 Å². The number of Topliss-reactive ketones (excluding diaryl/α,β-unsaturated/α-hetero) is 1. The number of benzene rings is 10. The summed E-state index contributed by atoms with van der Waals surface area (Å²) in [6.45, 7) is 12.3. The molecule has 10 aromatic rings. The van der Waals surface area contributed by atoms with Crippen molar-refractivity contribution in [1.29, 1.82) is 0 Å². The number of carboxylic acids is 2. The van der Waals surface area contributed by atoms with Crippen LogP contribution in [-0.2, 0) is 53.7 Å². The van der Waals surface area contributed by atoms with Crippen LogP contribution >= 0.6 is 22.6 Å². The first-order chi connectivity index (χ1) is 53.1. The molecule has 0 aromatic heterocycles. The van der Waals surface area contributed by atoms with Crippen molar-refractivity contribution in [1.82, 2.24) is 0 Å². The zero-order valence-corrected chi connectivity index (χ0v) is 79.0. The second-order valence-corrected chi connectivity index (χ2v) is 31.3. The summed E-state index contributed by atoms with van der Waals surface area (Å²) in [4.78, 5) is 107. The Morgan fingerprint density at radius 1 is 0.483 bits per heavy atom. The summed E-state index contributed by atoms with van der Waals surface area (Å²) >= 11 is 2.23. The molecule has 25 nitrogen and oxygen atoms in total. The average molecular weight is 1870 g/mol. The van der Waals surface area contributed by atoms with Crippen LogP contribution in [0.3, 0.4) is 0 Å². The summed E-state index contributed by atoms with van der Waals surface area (Å²) in [5.74, 6) is -2.50. The van der Waals surface area contributed by atoms with Crippen LogP contribution in [0, 0.1) is 6.92 Å². The van der Waals surface area contributed by atoms with Crippen LogP contribution < -0.4 is 184 Å². The summed E-state index contributed by atoms with van der Waals surface area (Å²) in [7, 11) is -6.43. The molecule has 0 saturated heterocycles. The van der Waals surface area contributed by atoms with Gasteiger partial charge in [-0.05, 0) is 134 Å². The fourth-order valence-corrected chi connectivity index (χ4v) is 15.4. The molecule has 5 aliphatic rings. The van der Waals surface area contributed by atoms with Crippen molar-refractivity contribution < 1.29 is 253 Å². The normalized spacial score (nSPS) is 12.2. The molecule has 5 aliphatic heterocycles. The molecule has 0 spiro atoms. The van der Waals surface area contributed by atoms with Crippen LogP contribution in [0.1, 0.15) is 189 Å². The number of nitrogens with one attached hydrogen (secondary N) is 1. The first-order valence-corrected chi connectivity index (χ1v) is 40.2. The number of ether oxygens (including phenoxy) is 2. The Balaban J connectivity index is 0.000000716. The third kappa shape index (κ3) is 27.8. The molecule has 626 valence electrons. The van der Waals surface area contributed by atoms with Gasteiger partial charge in [0.15, 0.2) is 5.71 Å². The molecular weight excluding hydrogens is 1770 g/mol. The first-order valence-electron chi connectivity index (χ1n) is 35.9. The SMILES string of the molecule is C.C.C.C.C.CC(=O)CCCN1C(=O)c2cccc3c(C)ccc1c23.CC(C)(C)[O-].CC1=[N+](CCCC(=O)O)c2ccc(S(=O)(=O)[O-])c3cccc1c23.COC(=O)CCCI.COC(=O)CCCN1C(=O)c2cccc3cccc1c23.O=C([O-])CCCN1C(=O)c2cccc3c(S(=O)(=O)[O-])ccc1c23.O=C1Nc2cccc3cccc1c23.[K+].[K+].[K+]. The Bertz CT molecular complexity index is 5670. The molecule has 4 amide bonds. The number of ketones is 1. The van der Waals surface area contributed by atoms with E-state index in [9.17, 15) is 79.3 Å². The van der Waals surface area contributed by atoms with E-state index in [1.165, 1.54) is 55.0 Å². The minimum atomic E-state index is -4.66. The molecule has 120 heavy (non-hydrogen) atoms. The van der Waals surface area contributed by atoms with E-state index in [0.717, 1.165) is 99.3 Å². The topological polar surface area (TPSA) is 378 Å². The summed E-state index contributed by atoms with van der Waals surface area (Å²) in [5.41, 5.74) is 8.99. The van der Waals surface area contributed by atoms with Crippen molar-refractivity contribution in [3.05, 3.63) is 197 Å². The van der Waals surface area contributed by atoms with E-state index in [4.69, 9.17) is 5.11 Å². The van der Waals surface area contributed by atoms with Gasteiger partial charge < -0.3 is 63.5 Å². The number of hydrogen-bond donors (Lipinski definition) is 2. The predicted molar refractivity (Wildman–Crippen MR) is 464 cm³/mol. The zero-order valence-electron chi connectivity index (χ0n) is 65.9. The first kappa shape index (κ1) is 112. The second kappa shape index (κ2) is 50.2. The van der Waals surface area contributed by atoms with E-state index in [1.807, 2.05) is 109 Å². The summed E-state index contributed by atoms with van der Waals surface area (Å²) in [5, 5.41) is 40.4. The van der Waals surface area contributed by atoms with Gasteiger partial charge in [-0.3, -0.25) is 33.6 Å². The van der Waals surface area contributed by atoms with Crippen molar-refractivity contribution in [3.8, 4) is 0 Å². The number of rotatable bonds is 21. The third-order valence-electron chi connectivity index (χ3n) is 18.6. The molecule has 2 N–H and O–H groups in total. The van der Waals surface area contributed by atoms with Gasteiger partial charge >= 0.3 is 172 Å². The van der Waals surface area contributed by atoms with E-state index in [-0.39, 0.29) is 274 Å².